The lowest BCUT2D eigenvalue weighted by Crippen LogP contribution is -2.09. The van der Waals surface area contributed by atoms with Gasteiger partial charge in [0, 0.05) is 30.4 Å². The molecule has 1 aromatic rings. The SMILES string of the molecule is COCCOCCCNc1ccc(C(=O)O)cc1Br. The molecule has 0 aliphatic rings. The first-order valence-corrected chi connectivity index (χ1v) is 6.78. The molecule has 1 rings (SSSR count). The molecular formula is C13H18BrNO4. The van der Waals surface area contributed by atoms with Gasteiger partial charge in [0.25, 0.3) is 0 Å². The maximum atomic E-state index is 10.8. The number of hydrogen-bond donors (Lipinski definition) is 2. The second kappa shape index (κ2) is 8.90. The number of anilines is 1. The fraction of sp³-hybridized carbons (Fsp3) is 0.462. The molecule has 6 heteroatoms. The van der Waals surface area contributed by atoms with E-state index in [0.717, 1.165) is 23.1 Å². The molecular weight excluding hydrogens is 314 g/mol. The Hall–Kier alpha value is -1.11. The van der Waals surface area contributed by atoms with Gasteiger partial charge in [-0.25, -0.2) is 4.79 Å². The maximum Gasteiger partial charge on any atom is 0.335 e. The third kappa shape index (κ3) is 6.04. The molecule has 5 nitrogen and oxygen atoms in total. The summed E-state index contributed by atoms with van der Waals surface area (Å²) in [4.78, 5) is 10.8. The van der Waals surface area contributed by atoms with Crippen molar-refractivity contribution < 1.29 is 19.4 Å². The van der Waals surface area contributed by atoms with E-state index >= 15 is 0 Å². The highest BCUT2D eigenvalue weighted by molar-refractivity contribution is 9.10. The fourth-order valence-electron chi connectivity index (χ4n) is 1.43. The zero-order valence-electron chi connectivity index (χ0n) is 10.8. The van der Waals surface area contributed by atoms with Crippen molar-refractivity contribution in [2.75, 3.05) is 38.8 Å². The number of halogens is 1. The lowest BCUT2D eigenvalue weighted by Gasteiger charge is -2.09. The minimum absolute atomic E-state index is 0.264. The first-order chi connectivity index (χ1) is 9.15. The molecule has 0 spiro atoms. The van der Waals surface area contributed by atoms with Gasteiger partial charge in [0.2, 0.25) is 0 Å². The molecule has 0 radical (unpaired) electrons. The van der Waals surface area contributed by atoms with Crippen LogP contribution >= 0.6 is 15.9 Å². The predicted molar refractivity (Wildman–Crippen MR) is 76.9 cm³/mol. The number of methoxy groups -OCH3 is 1. The summed E-state index contributed by atoms with van der Waals surface area (Å²) in [5.74, 6) is -0.932. The number of benzene rings is 1. The first kappa shape index (κ1) is 15.9. The van der Waals surface area contributed by atoms with Crippen LogP contribution in [-0.4, -0.2) is 44.6 Å². The Morgan fingerprint density at radius 2 is 2.16 bits per heavy atom. The third-order valence-corrected chi connectivity index (χ3v) is 3.08. The van der Waals surface area contributed by atoms with Crippen LogP contribution in [0.15, 0.2) is 22.7 Å². The highest BCUT2D eigenvalue weighted by atomic mass is 79.9. The van der Waals surface area contributed by atoms with Gasteiger partial charge in [-0.15, -0.1) is 0 Å². The van der Waals surface area contributed by atoms with E-state index in [0.29, 0.717) is 19.8 Å². The number of aromatic carboxylic acids is 1. The molecule has 0 fully saturated rings. The maximum absolute atomic E-state index is 10.8. The lowest BCUT2D eigenvalue weighted by molar-refractivity contribution is 0.0697. The Morgan fingerprint density at radius 3 is 2.79 bits per heavy atom. The number of hydrogen-bond acceptors (Lipinski definition) is 4. The summed E-state index contributed by atoms with van der Waals surface area (Å²) >= 11 is 3.35. The fourth-order valence-corrected chi connectivity index (χ4v) is 1.95. The number of carboxylic acids is 1. The van der Waals surface area contributed by atoms with Gasteiger partial charge >= 0.3 is 5.97 Å². The second-order valence-corrected chi connectivity index (χ2v) is 4.74. The Kier molecular flexibility index (Phi) is 7.47. The average molecular weight is 332 g/mol. The van der Waals surface area contributed by atoms with Crippen LogP contribution in [0.5, 0.6) is 0 Å². The first-order valence-electron chi connectivity index (χ1n) is 5.98. The van der Waals surface area contributed by atoms with Crippen LogP contribution in [0.3, 0.4) is 0 Å². The molecule has 2 N–H and O–H groups in total. The Bertz CT molecular complexity index is 412. The third-order valence-electron chi connectivity index (χ3n) is 2.43. The van der Waals surface area contributed by atoms with Crippen molar-refractivity contribution in [2.45, 2.75) is 6.42 Å². The van der Waals surface area contributed by atoms with Gasteiger partial charge in [0.05, 0.1) is 18.8 Å². The van der Waals surface area contributed by atoms with E-state index < -0.39 is 5.97 Å². The molecule has 19 heavy (non-hydrogen) atoms. The summed E-state index contributed by atoms with van der Waals surface area (Å²) in [7, 11) is 1.64. The largest absolute Gasteiger partial charge is 0.478 e. The number of carboxylic acid groups (broad SMARTS) is 1. The normalized spacial score (nSPS) is 10.4. The molecule has 0 saturated heterocycles. The van der Waals surface area contributed by atoms with Crippen molar-refractivity contribution in [3.8, 4) is 0 Å². The molecule has 0 bridgehead atoms. The molecule has 0 aromatic heterocycles. The molecule has 106 valence electrons. The molecule has 0 aliphatic carbocycles. The summed E-state index contributed by atoms with van der Waals surface area (Å²) in [6.07, 6.45) is 0.872. The minimum Gasteiger partial charge on any atom is -0.478 e. The van der Waals surface area contributed by atoms with Gasteiger partial charge < -0.3 is 19.9 Å². The highest BCUT2D eigenvalue weighted by Crippen LogP contribution is 2.23. The molecule has 0 amide bonds. The van der Waals surface area contributed by atoms with Crippen LogP contribution in [0.1, 0.15) is 16.8 Å². The predicted octanol–water partition coefficient (Wildman–Crippen LogP) is 2.61. The molecule has 0 atom stereocenters. The van der Waals surface area contributed by atoms with Crippen LogP contribution in [0, 0.1) is 0 Å². The van der Waals surface area contributed by atoms with Gasteiger partial charge in [-0.1, -0.05) is 0 Å². The van der Waals surface area contributed by atoms with Crippen molar-refractivity contribution in [1.29, 1.82) is 0 Å². The van der Waals surface area contributed by atoms with Crippen LogP contribution < -0.4 is 5.32 Å². The van der Waals surface area contributed by atoms with Crippen LogP contribution in [0.4, 0.5) is 5.69 Å². The van der Waals surface area contributed by atoms with E-state index in [4.69, 9.17) is 14.6 Å². The van der Waals surface area contributed by atoms with Crippen LogP contribution in [0.2, 0.25) is 0 Å². The van der Waals surface area contributed by atoms with Gasteiger partial charge in [-0.3, -0.25) is 0 Å². The number of nitrogens with one attached hydrogen (secondary N) is 1. The Balaban J connectivity index is 2.28. The van der Waals surface area contributed by atoms with E-state index in [9.17, 15) is 4.79 Å². The van der Waals surface area contributed by atoms with Crippen LogP contribution in [-0.2, 0) is 9.47 Å². The monoisotopic (exact) mass is 331 g/mol. The molecule has 0 aliphatic heterocycles. The van der Waals surface area contributed by atoms with Gasteiger partial charge in [-0.2, -0.15) is 0 Å². The summed E-state index contributed by atoms with van der Waals surface area (Å²) in [5, 5.41) is 12.1. The molecule has 1 aromatic carbocycles. The number of rotatable bonds is 9. The van der Waals surface area contributed by atoms with Gasteiger partial charge in [0.1, 0.15) is 0 Å². The lowest BCUT2D eigenvalue weighted by atomic mass is 10.2. The van der Waals surface area contributed by atoms with E-state index in [2.05, 4.69) is 21.2 Å². The van der Waals surface area contributed by atoms with Crippen molar-refractivity contribution in [3.05, 3.63) is 28.2 Å². The number of carbonyl (C=O) groups is 1. The van der Waals surface area contributed by atoms with E-state index in [1.54, 1.807) is 25.3 Å². The van der Waals surface area contributed by atoms with E-state index in [-0.39, 0.29) is 5.56 Å². The zero-order chi connectivity index (χ0) is 14.1. The molecule has 0 heterocycles. The van der Waals surface area contributed by atoms with Gasteiger partial charge in [0.15, 0.2) is 0 Å². The second-order valence-electron chi connectivity index (χ2n) is 3.89. The quantitative estimate of drug-likeness (QED) is 0.681. The smallest absolute Gasteiger partial charge is 0.335 e. The zero-order valence-corrected chi connectivity index (χ0v) is 12.4. The Labute approximate surface area is 121 Å². The topological polar surface area (TPSA) is 67.8 Å². The van der Waals surface area contributed by atoms with Crippen molar-refractivity contribution in [2.24, 2.45) is 0 Å². The van der Waals surface area contributed by atoms with Crippen LogP contribution in [0.25, 0.3) is 0 Å². The summed E-state index contributed by atoms with van der Waals surface area (Å²) in [5.41, 5.74) is 1.14. The molecule has 0 saturated carbocycles. The summed E-state index contributed by atoms with van der Waals surface area (Å²) in [6.45, 7) is 2.64. The highest BCUT2D eigenvalue weighted by Gasteiger charge is 2.06. The van der Waals surface area contributed by atoms with E-state index in [1.165, 1.54) is 0 Å². The standard InChI is InChI=1S/C13H18BrNO4/c1-18-7-8-19-6-2-5-15-12-4-3-10(13(16)17)9-11(12)14/h3-4,9,15H,2,5-8H2,1H3,(H,16,17). The number of ether oxygens (including phenoxy) is 2. The summed E-state index contributed by atoms with van der Waals surface area (Å²) in [6, 6.07) is 4.91. The van der Waals surface area contributed by atoms with Crippen molar-refractivity contribution >= 4 is 27.6 Å². The van der Waals surface area contributed by atoms with Crippen molar-refractivity contribution in [3.63, 3.8) is 0 Å². The minimum atomic E-state index is -0.932. The van der Waals surface area contributed by atoms with Crippen molar-refractivity contribution in [1.82, 2.24) is 0 Å². The summed E-state index contributed by atoms with van der Waals surface area (Å²) < 4.78 is 11.0. The average Bonchev–Trinajstić information content (AvgIpc) is 2.39. The molecule has 0 unspecified atom stereocenters. The van der Waals surface area contributed by atoms with Gasteiger partial charge in [-0.05, 0) is 40.5 Å². The Morgan fingerprint density at radius 1 is 1.37 bits per heavy atom. The van der Waals surface area contributed by atoms with E-state index in [1.807, 2.05) is 0 Å².